The Bertz CT molecular complexity index is 552. The number of para-hydroxylation sites is 1. The van der Waals surface area contributed by atoms with Crippen molar-refractivity contribution >= 4 is 10.9 Å². The molecule has 1 heterocycles. The number of fused-ring (bicyclic) bond motifs is 1. The zero-order valence-electron chi connectivity index (χ0n) is 11.2. The maximum atomic E-state index is 4.61. The fourth-order valence-corrected chi connectivity index (χ4v) is 2.86. The highest BCUT2D eigenvalue weighted by atomic mass is 15.3. The minimum Gasteiger partial charge on any atom is -0.311 e. The quantitative estimate of drug-likeness (QED) is 0.895. The molecule has 0 atom stereocenters. The van der Waals surface area contributed by atoms with Gasteiger partial charge in [0.25, 0.3) is 0 Å². The van der Waals surface area contributed by atoms with Gasteiger partial charge in [-0.3, -0.25) is 4.68 Å². The first kappa shape index (κ1) is 11.7. The molecule has 3 nitrogen and oxygen atoms in total. The summed E-state index contributed by atoms with van der Waals surface area (Å²) in [5.74, 6) is 0. The fourth-order valence-electron chi connectivity index (χ4n) is 2.86. The van der Waals surface area contributed by atoms with Crippen LogP contribution in [0.2, 0.25) is 0 Å². The number of aromatic nitrogens is 2. The Hall–Kier alpha value is -1.35. The van der Waals surface area contributed by atoms with Gasteiger partial charge >= 0.3 is 0 Å². The van der Waals surface area contributed by atoms with Crippen LogP contribution in [-0.2, 0) is 13.6 Å². The number of aryl methyl sites for hydroxylation is 1. The molecule has 1 aliphatic rings. The largest absolute Gasteiger partial charge is 0.311 e. The predicted octanol–water partition coefficient (Wildman–Crippen LogP) is 2.85. The maximum Gasteiger partial charge on any atom is 0.0841 e. The molecule has 0 unspecified atom stereocenters. The van der Waals surface area contributed by atoms with Crippen LogP contribution in [0.15, 0.2) is 24.3 Å². The lowest BCUT2D eigenvalue weighted by molar-refractivity contribution is 0.156. The monoisotopic (exact) mass is 243 g/mol. The first-order valence-electron chi connectivity index (χ1n) is 6.79. The number of nitrogens with zero attached hydrogens (tertiary/aromatic N) is 2. The normalized spacial score (nSPS) is 17.9. The summed E-state index contributed by atoms with van der Waals surface area (Å²) in [5, 5.41) is 9.45. The highest BCUT2D eigenvalue weighted by Crippen LogP contribution is 2.39. The van der Waals surface area contributed by atoms with Crippen molar-refractivity contribution in [3.8, 4) is 0 Å². The molecule has 0 spiro atoms. The van der Waals surface area contributed by atoms with Crippen LogP contribution < -0.4 is 5.32 Å². The Morgan fingerprint density at radius 2 is 2.11 bits per heavy atom. The lowest BCUT2D eigenvalue weighted by Gasteiger charge is -2.38. The smallest absolute Gasteiger partial charge is 0.0841 e. The van der Waals surface area contributed by atoms with Gasteiger partial charge in [-0.2, -0.15) is 5.10 Å². The van der Waals surface area contributed by atoms with E-state index < -0.39 is 0 Å². The summed E-state index contributed by atoms with van der Waals surface area (Å²) in [6.45, 7) is 4.36. The number of nitrogens with one attached hydrogen (secondary N) is 1. The summed E-state index contributed by atoms with van der Waals surface area (Å²) in [4.78, 5) is 0. The Kier molecular flexibility index (Phi) is 2.86. The Labute approximate surface area is 108 Å². The summed E-state index contributed by atoms with van der Waals surface area (Å²) in [7, 11) is 2.01. The molecule has 0 saturated heterocycles. The Morgan fingerprint density at radius 3 is 2.83 bits per heavy atom. The van der Waals surface area contributed by atoms with E-state index in [-0.39, 0.29) is 0 Å². The van der Waals surface area contributed by atoms with E-state index in [1.54, 1.807) is 0 Å². The Morgan fingerprint density at radius 1 is 1.33 bits per heavy atom. The molecule has 2 aromatic rings. The zero-order valence-corrected chi connectivity index (χ0v) is 11.2. The number of hydrogen-bond donors (Lipinski definition) is 1. The lowest BCUT2D eigenvalue weighted by atomic mass is 9.70. The van der Waals surface area contributed by atoms with Crippen molar-refractivity contribution in [1.82, 2.24) is 15.1 Å². The van der Waals surface area contributed by atoms with Gasteiger partial charge in [-0.05, 0) is 24.3 Å². The SMILES string of the molecule is Cn1nc(CNCC2(C)CCC2)c2ccccc21. The fraction of sp³-hybridized carbons (Fsp3) is 0.533. The van der Waals surface area contributed by atoms with Crippen LogP contribution in [-0.4, -0.2) is 16.3 Å². The average Bonchev–Trinajstić information content (AvgIpc) is 2.65. The highest BCUT2D eigenvalue weighted by molar-refractivity contribution is 5.81. The molecule has 1 fully saturated rings. The zero-order chi connectivity index (χ0) is 12.6. The molecule has 1 saturated carbocycles. The predicted molar refractivity (Wildman–Crippen MR) is 74.4 cm³/mol. The van der Waals surface area contributed by atoms with Crippen molar-refractivity contribution in [3.63, 3.8) is 0 Å². The summed E-state index contributed by atoms with van der Waals surface area (Å²) in [6.07, 6.45) is 4.12. The molecule has 1 N–H and O–H groups in total. The van der Waals surface area contributed by atoms with Gasteiger partial charge in [0.2, 0.25) is 0 Å². The van der Waals surface area contributed by atoms with E-state index in [1.807, 2.05) is 11.7 Å². The number of hydrogen-bond acceptors (Lipinski definition) is 2. The van der Waals surface area contributed by atoms with Gasteiger partial charge in [-0.25, -0.2) is 0 Å². The third kappa shape index (κ3) is 2.03. The van der Waals surface area contributed by atoms with E-state index >= 15 is 0 Å². The van der Waals surface area contributed by atoms with E-state index in [9.17, 15) is 0 Å². The lowest BCUT2D eigenvalue weighted by Crippen LogP contribution is -2.37. The van der Waals surface area contributed by atoms with Gasteiger partial charge in [0, 0.05) is 25.5 Å². The average molecular weight is 243 g/mol. The van der Waals surface area contributed by atoms with Crippen LogP contribution >= 0.6 is 0 Å². The second-order valence-electron chi connectivity index (χ2n) is 5.86. The van der Waals surface area contributed by atoms with Crippen LogP contribution in [0.4, 0.5) is 0 Å². The molecule has 0 aliphatic heterocycles. The van der Waals surface area contributed by atoms with Gasteiger partial charge in [-0.1, -0.05) is 31.5 Å². The van der Waals surface area contributed by atoms with E-state index in [2.05, 4.69) is 41.6 Å². The summed E-state index contributed by atoms with van der Waals surface area (Å²) in [5.41, 5.74) is 2.91. The Balaban J connectivity index is 1.71. The summed E-state index contributed by atoms with van der Waals surface area (Å²) < 4.78 is 1.97. The molecular formula is C15H21N3. The van der Waals surface area contributed by atoms with Gasteiger partial charge in [-0.15, -0.1) is 0 Å². The maximum absolute atomic E-state index is 4.61. The minimum absolute atomic E-state index is 0.532. The van der Waals surface area contributed by atoms with Crippen LogP contribution in [0.25, 0.3) is 10.9 Å². The van der Waals surface area contributed by atoms with E-state index in [0.29, 0.717) is 5.41 Å². The molecule has 1 aromatic heterocycles. The second-order valence-corrected chi connectivity index (χ2v) is 5.86. The molecule has 0 radical (unpaired) electrons. The van der Waals surface area contributed by atoms with Gasteiger partial charge in [0.1, 0.15) is 0 Å². The molecule has 1 aromatic carbocycles. The van der Waals surface area contributed by atoms with Crippen LogP contribution in [0.5, 0.6) is 0 Å². The second kappa shape index (κ2) is 4.39. The minimum atomic E-state index is 0.532. The van der Waals surface area contributed by atoms with E-state index in [4.69, 9.17) is 0 Å². The van der Waals surface area contributed by atoms with Crippen LogP contribution in [0.3, 0.4) is 0 Å². The molecule has 96 valence electrons. The van der Waals surface area contributed by atoms with Crippen molar-refractivity contribution in [2.45, 2.75) is 32.7 Å². The standard InChI is InChI=1S/C15H21N3/c1-15(8-5-9-15)11-16-10-13-12-6-3-4-7-14(12)18(2)17-13/h3-4,6-7,16H,5,8-11H2,1-2H3. The van der Waals surface area contributed by atoms with E-state index in [0.717, 1.165) is 18.8 Å². The van der Waals surface area contributed by atoms with Crippen molar-refractivity contribution in [3.05, 3.63) is 30.0 Å². The molecule has 0 bridgehead atoms. The molecule has 18 heavy (non-hydrogen) atoms. The summed E-state index contributed by atoms with van der Waals surface area (Å²) in [6, 6.07) is 8.43. The first-order valence-corrected chi connectivity index (χ1v) is 6.79. The van der Waals surface area contributed by atoms with Gasteiger partial charge in [0.05, 0.1) is 11.2 Å². The van der Waals surface area contributed by atoms with Gasteiger partial charge in [0.15, 0.2) is 0 Å². The van der Waals surface area contributed by atoms with Gasteiger partial charge < -0.3 is 5.32 Å². The molecule has 0 amide bonds. The van der Waals surface area contributed by atoms with Crippen LogP contribution in [0.1, 0.15) is 31.9 Å². The highest BCUT2D eigenvalue weighted by Gasteiger charge is 2.30. The number of benzene rings is 1. The molecule has 1 aliphatic carbocycles. The molecule has 3 heteroatoms. The van der Waals surface area contributed by atoms with Crippen molar-refractivity contribution in [2.75, 3.05) is 6.54 Å². The van der Waals surface area contributed by atoms with Crippen LogP contribution in [0, 0.1) is 5.41 Å². The topological polar surface area (TPSA) is 29.9 Å². The molecular weight excluding hydrogens is 222 g/mol. The summed E-state index contributed by atoms with van der Waals surface area (Å²) >= 11 is 0. The van der Waals surface area contributed by atoms with Crippen molar-refractivity contribution in [2.24, 2.45) is 12.5 Å². The third-order valence-electron chi connectivity index (χ3n) is 4.24. The molecule has 3 rings (SSSR count). The number of rotatable bonds is 4. The van der Waals surface area contributed by atoms with Crippen molar-refractivity contribution in [1.29, 1.82) is 0 Å². The van der Waals surface area contributed by atoms with Crippen molar-refractivity contribution < 1.29 is 0 Å². The first-order chi connectivity index (χ1) is 8.68. The van der Waals surface area contributed by atoms with E-state index in [1.165, 1.54) is 30.2 Å². The third-order valence-corrected chi connectivity index (χ3v) is 4.24.